The second kappa shape index (κ2) is 10.4. The highest BCUT2D eigenvalue weighted by Gasteiger charge is 2.23. The van der Waals surface area contributed by atoms with Crippen molar-refractivity contribution < 1.29 is 24.2 Å². The molecule has 33 heavy (non-hydrogen) atoms. The van der Waals surface area contributed by atoms with Gasteiger partial charge in [0.05, 0.1) is 21.7 Å². The topological polar surface area (TPSA) is 117 Å². The van der Waals surface area contributed by atoms with E-state index in [0.717, 1.165) is 11.5 Å². The van der Waals surface area contributed by atoms with Crippen LogP contribution in [0.3, 0.4) is 0 Å². The Labute approximate surface area is 202 Å². The Morgan fingerprint density at radius 3 is 2.76 bits per heavy atom. The lowest BCUT2D eigenvalue weighted by molar-refractivity contribution is -0.139. The number of aryl methyl sites for hydroxylation is 2. The molecule has 0 spiro atoms. The second-order valence-corrected chi connectivity index (χ2v) is 9.13. The summed E-state index contributed by atoms with van der Waals surface area (Å²) in [5, 5.41) is 28.0. The molecular formula is C24H26Cl2N2O5. The Kier molecular flexibility index (Phi) is 7.87. The van der Waals surface area contributed by atoms with Gasteiger partial charge in [0, 0.05) is 23.3 Å². The monoisotopic (exact) mass is 492 g/mol. The van der Waals surface area contributed by atoms with Crippen LogP contribution in [0.4, 0.5) is 0 Å². The summed E-state index contributed by atoms with van der Waals surface area (Å²) in [7, 11) is 0. The summed E-state index contributed by atoms with van der Waals surface area (Å²) in [5.41, 5.74) is 2.66. The van der Waals surface area contributed by atoms with Gasteiger partial charge in [0.1, 0.15) is 17.3 Å². The van der Waals surface area contributed by atoms with Crippen LogP contribution < -0.4 is 4.74 Å². The zero-order chi connectivity index (χ0) is 24.3. The molecule has 2 aromatic rings. The first-order chi connectivity index (χ1) is 15.6. The van der Waals surface area contributed by atoms with Crippen molar-refractivity contribution in [3.63, 3.8) is 0 Å². The van der Waals surface area contributed by atoms with E-state index in [0.29, 0.717) is 46.9 Å². The third-order valence-corrected chi connectivity index (χ3v) is 5.83. The average Bonchev–Trinajstić information content (AvgIpc) is 3.16. The normalized spacial score (nSPS) is 15.9. The second-order valence-electron chi connectivity index (χ2n) is 8.16. The maximum atomic E-state index is 10.7. The first-order valence-corrected chi connectivity index (χ1v) is 11.4. The summed E-state index contributed by atoms with van der Waals surface area (Å²) >= 11 is 12.5. The third-order valence-electron chi connectivity index (χ3n) is 5.20. The minimum absolute atomic E-state index is 0.0875. The standard InChI is InChI=1S/C24H26Cl2N2O5/c1-12(2)23-19(28-24(33-23)15-5-4-14(25)9-17(15)26)7-6-18(27)16-8-13(3)21(10-20(16)29)32-11-22(30)31/h5,8-10,12,14,27,29H,4,6-7,11H2,1-3H3,(H,30,31). The molecule has 0 bridgehead atoms. The number of phenolic OH excluding ortho intramolecular Hbond substituents is 1. The zero-order valence-electron chi connectivity index (χ0n) is 18.6. The molecule has 176 valence electrons. The van der Waals surface area contributed by atoms with Crippen molar-refractivity contribution in [2.75, 3.05) is 6.61 Å². The highest BCUT2D eigenvalue weighted by Crippen LogP contribution is 2.35. The smallest absolute Gasteiger partial charge is 0.341 e. The first-order valence-electron chi connectivity index (χ1n) is 10.5. The fourth-order valence-corrected chi connectivity index (χ4v) is 4.12. The molecule has 1 aliphatic carbocycles. The predicted molar refractivity (Wildman–Crippen MR) is 128 cm³/mol. The van der Waals surface area contributed by atoms with Gasteiger partial charge < -0.3 is 24.8 Å². The lowest BCUT2D eigenvalue weighted by Gasteiger charge is -2.12. The highest BCUT2D eigenvalue weighted by molar-refractivity contribution is 6.37. The Bertz CT molecular complexity index is 1130. The molecule has 3 N–H and O–H groups in total. The summed E-state index contributed by atoms with van der Waals surface area (Å²) in [6, 6.07) is 2.95. The molecule has 3 rings (SSSR count). The number of carboxylic acid groups (broad SMARTS) is 1. The quantitative estimate of drug-likeness (QED) is 0.301. The Morgan fingerprint density at radius 1 is 1.39 bits per heavy atom. The van der Waals surface area contributed by atoms with Gasteiger partial charge in [-0.1, -0.05) is 31.5 Å². The fourth-order valence-electron chi connectivity index (χ4n) is 3.54. The first kappa shape index (κ1) is 24.9. The van der Waals surface area contributed by atoms with Crippen LogP contribution in [0.25, 0.3) is 5.57 Å². The number of carbonyl (C=O) groups is 1. The number of phenols is 1. The molecule has 9 heteroatoms. The van der Waals surface area contributed by atoms with Gasteiger partial charge in [-0.3, -0.25) is 0 Å². The molecule has 0 amide bonds. The van der Waals surface area contributed by atoms with E-state index in [2.05, 4.69) is 4.98 Å². The van der Waals surface area contributed by atoms with Crippen molar-refractivity contribution in [1.82, 2.24) is 4.98 Å². The molecule has 1 aliphatic rings. The summed E-state index contributed by atoms with van der Waals surface area (Å²) in [4.78, 5) is 15.4. The summed E-state index contributed by atoms with van der Waals surface area (Å²) in [6.45, 7) is 5.23. The minimum atomic E-state index is -1.11. The van der Waals surface area contributed by atoms with E-state index in [-0.39, 0.29) is 28.5 Å². The van der Waals surface area contributed by atoms with Gasteiger partial charge in [-0.05, 0) is 43.9 Å². The van der Waals surface area contributed by atoms with Crippen molar-refractivity contribution >= 4 is 40.5 Å². The predicted octanol–water partition coefficient (Wildman–Crippen LogP) is 5.79. The van der Waals surface area contributed by atoms with Gasteiger partial charge in [-0.2, -0.15) is 0 Å². The molecule has 1 unspecified atom stereocenters. The number of aromatic nitrogens is 1. The van der Waals surface area contributed by atoms with E-state index < -0.39 is 12.6 Å². The van der Waals surface area contributed by atoms with E-state index in [9.17, 15) is 9.90 Å². The lowest BCUT2D eigenvalue weighted by Crippen LogP contribution is -2.10. The van der Waals surface area contributed by atoms with Crippen molar-refractivity contribution in [3.05, 3.63) is 57.8 Å². The van der Waals surface area contributed by atoms with Crippen molar-refractivity contribution in [2.45, 2.75) is 51.3 Å². The van der Waals surface area contributed by atoms with Crippen LogP contribution in [0.1, 0.15) is 61.1 Å². The number of allylic oxidation sites excluding steroid dienone is 4. The number of alkyl halides is 1. The van der Waals surface area contributed by atoms with Crippen LogP contribution in [-0.2, 0) is 11.2 Å². The van der Waals surface area contributed by atoms with Gasteiger partial charge in [0.2, 0.25) is 5.89 Å². The summed E-state index contributed by atoms with van der Waals surface area (Å²) in [6.07, 6.45) is 5.08. The highest BCUT2D eigenvalue weighted by atomic mass is 35.5. The molecule has 1 aromatic heterocycles. The van der Waals surface area contributed by atoms with Crippen LogP contribution in [0, 0.1) is 12.3 Å². The fraction of sp³-hybridized carbons (Fsp3) is 0.375. The molecule has 0 radical (unpaired) electrons. The summed E-state index contributed by atoms with van der Waals surface area (Å²) in [5.74, 6) is 0.263. The number of carboxylic acids is 1. The molecule has 0 aliphatic heterocycles. The molecule has 1 heterocycles. The Morgan fingerprint density at radius 2 is 2.12 bits per heavy atom. The molecular weight excluding hydrogens is 467 g/mol. The van der Waals surface area contributed by atoms with Crippen molar-refractivity contribution in [1.29, 1.82) is 5.41 Å². The number of hydrogen-bond acceptors (Lipinski definition) is 6. The molecule has 7 nitrogen and oxygen atoms in total. The largest absolute Gasteiger partial charge is 0.507 e. The number of halogens is 2. The third kappa shape index (κ3) is 5.97. The summed E-state index contributed by atoms with van der Waals surface area (Å²) < 4.78 is 11.2. The number of hydrogen-bond donors (Lipinski definition) is 3. The van der Waals surface area contributed by atoms with Crippen LogP contribution in [0.5, 0.6) is 11.5 Å². The Hall–Kier alpha value is -2.77. The maximum absolute atomic E-state index is 10.7. The molecule has 1 atom stereocenters. The van der Waals surface area contributed by atoms with Gasteiger partial charge in [0.15, 0.2) is 6.61 Å². The van der Waals surface area contributed by atoms with E-state index in [1.165, 1.54) is 6.07 Å². The van der Waals surface area contributed by atoms with Gasteiger partial charge in [-0.25, -0.2) is 9.78 Å². The molecule has 0 saturated carbocycles. The molecule has 0 fully saturated rings. The minimum Gasteiger partial charge on any atom is -0.507 e. The molecule has 0 saturated heterocycles. The van der Waals surface area contributed by atoms with Gasteiger partial charge in [0.25, 0.3) is 0 Å². The zero-order valence-corrected chi connectivity index (χ0v) is 20.1. The number of nitrogens with zero attached hydrogens (tertiary/aromatic N) is 1. The van der Waals surface area contributed by atoms with Crippen LogP contribution in [0.2, 0.25) is 0 Å². The number of ether oxygens (including phenoxy) is 1. The van der Waals surface area contributed by atoms with E-state index in [1.807, 2.05) is 19.9 Å². The van der Waals surface area contributed by atoms with E-state index in [4.69, 9.17) is 42.9 Å². The van der Waals surface area contributed by atoms with E-state index in [1.54, 1.807) is 19.1 Å². The number of benzene rings is 1. The number of oxazole rings is 1. The van der Waals surface area contributed by atoms with Crippen molar-refractivity contribution in [3.8, 4) is 11.5 Å². The average molecular weight is 493 g/mol. The van der Waals surface area contributed by atoms with Crippen LogP contribution in [-0.4, -0.2) is 38.9 Å². The van der Waals surface area contributed by atoms with Gasteiger partial charge >= 0.3 is 5.97 Å². The Balaban J connectivity index is 1.77. The van der Waals surface area contributed by atoms with E-state index >= 15 is 0 Å². The number of nitrogens with one attached hydrogen (secondary N) is 1. The maximum Gasteiger partial charge on any atom is 0.341 e. The number of rotatable bonds is 9. The number of aliphatic carboxylic acids is 1. The van der Waals surface area contributed by atoms with Crippen LogP contribution >= 0.6 is 23.2 Å². The lowest BCUT2D eigenvalue weighted by atomic mass is 9.99. The van der Waals surface area contributed by atoms with Crippen molar-refractivity contribution in [2.24, 2.45) is 0 Å². The molecule has 1 aromatic carbocycles. The SMILES string of the molecule is Cc1cc(C(=N)CCc2nc(C3=CCC(Cl)C=C3Cl)oc2C(C)C)c(O)cc1OCC(=O)O. The van der Waals surface area contributed by atoms with Crippen LogP contribution in [0.15, 0.2) is 33.7 Å². The van der Waals surface area contributed by atoms with Gasteiger partial charge in [-0.15, -0.1) is 11.6 Å². The number of aromatic hydroxyl groups is 1.